The molecule has 0 atom stereocenters. The number of aryl methyl sites for hydroxylation is 1. The van der Waals surface area contributed by atoms with E-state index in [2.05, 4.69) is 5.32 Å². The molecule has 2 amide bonds. The van der Waals surface area contributed by atoms with Crippen LogP contribution < -0.4 is 5.32 Å². The molecule has 1 fully saturated rings. The Morgan fingerprint density at radius 2 is 2.04 bits per heavy atom. The Bertz CT molecular complexity index is 606. The van der Waals surface area contributed by atoms with Crippen molar-refractivity contribution in [1.29, 1.82) is 0 Å². The lowest BCUT2D eigenvalue weighted by molar-refractivity contribution is -0.148. The van der Waals surface area contributed by atoms with E-state index in [4.69, 9.17) is 17.0 Å². The first-order valence-electron chi connectivity index (χ1n) is 7.49. The number of ether oxygens (including phenoxy) is 1. The van der Waals surface area contributed by atoms with Gasteiger partial charge in [0.15, 0.2) is 6.61 Å². The van der Waals surface area contributed by atoms with Gasteiger partial charge in [0.25, 0.3) is 5.91 Å². The monoisotopic (exact) mass is 366 g/mol. The molecule has 1 heterocycles. The van der Waals surface area contributed by atoms with E-state index in [1.807, 2.05) is 30.3 Å². The maximum atomic E-state index is 11.6. The van der Waals surface area contributed by atoms with Crippen molar-refractivity contribution in [2.75, 3.05) is 25.4 Å². The van der Waals surface area contributed by atoms with Gasteiger partial charge in [-0.25, -0.2) is 0 Å². The number of thiocarbonyl (C=S) groups is 1. The number of nitrogens with zero attached hydrogens (tertiary/aromatic N) is 1. The summed E-state index contributed by atoms with van der Waals surface area (Å²) in [5.74, 6) is -0.507. The number of hydrogen-bond acceptors (Lipinski definition) is 6. The summed E-state index contributed by atoms with van der Waals surface area (Å²) in [7, 11) is 0. The van der Waals surface area contributed by atoms with E-state index >= 15 is 0 Å². The molecule has 0 unspecified atom stereocenters. The van der Waals surface area contributed by atoms with E-state index in [1.54, 1.807) is 0 Å². The van der Waals surface area contributed by atoms with Crippen LogP contribution in [0.2, 0.25) is 0 Å². The summed E-state index contributed by atoms with van der Waals surface area (Å²) in [4.78, 5) is 36.2. The molecular formula is C16H18N2O4S2. The zero-order chi connectivity index (χ0) is 17.4. The fraction of sp³-hybridized carbons (Fsp3) is 0.375. The van der Waals surface area contributed by atoms with Crippen molar-refractivity contribution in [3.05, 3.63) is 35.9 Å². The van der Waals surface area contributed by atoms with Gasteiger partial charge in [-0.1, -0.05) is 54.3 Å². The Kier molecular flexibility index (Phi) is 7.20. The summed E-state index contributed by atoms with van der Waals surface area (Å²) in [6.07, 6.45) is 0.804. The SMILES string of the molecule is O=C(COC(=O)CCc1ccccc1)NCCN1C(=O)CSC1=S. The van der Waals surface area contributed by atoms with Crippen LogP contribution in [0.4, 0.5) is 0 Å². The lowest BCUT2D eigenvalue weighted by Crippen LogP contribution is -2.38. The second-order valence-electron chi connectivity index (χ2n) is 5.10. The van der Waals surface area contributed by atoms with Crippen LogP contribution in [0, 0.1) is 0 Å². The molecule has 1 aromatic carbocycles. The molecule has 2 rings (SSSR count). The Morgan fingerprint density at radius 3 is 2.71 bits per heavy atom. The molecule has 1 N–H and O–H groups in total. The molecule has 6 nitrogen and oxygen atoms in total. The quantitative estimate of drug-likeness (QED) is 0.549. The van der Waals surface area contributed by atoms with E-state index < -0.39 is 11.9 Å². The fourth-order valence-corrected chi connectivity index (χ4v) is 3.19. The third-order valence-electron chi connectivity index (χ3n) is 3.32. The van der Waals surface area contributed by atoms with Crippen LogP contribution >= 0.6 is 24.0 Å². The van der Waals surface area contributed by atoms with Crippen LogP contribution in [0.25, 0.3) is 0 Å². The van der Waals surface area contributed by atoms with E-state index in [1.165, 1.54) is 16.7 Å². The first-order chi connectivity index (χ1) is 11.6. The van der Waals surface area contributed by atoms with Crippen molar-refractivity contribution in [2.45, 2.75) is 12.8 Å². The molecule has 0 aliphatic carbocycles. The minimum Gasteiger partial charge on any atom is -0.456 e. The van der Waals surface area contributed by atoms with Gasteiger partial charge in [-0.05, 0) is 12.0 Å². The smallest absolute Gasteiger partial charge is 0.306 e. The second kappa shape index (κ2) is 9.39. The number of nitrogens with one attached hydrogen (secondary N) is 1. The lowest BCUT2D eigenvalue weighted by atomic mass is 10.1. The molecule has 0 saturated carbocycles. The third kappa shape index (κ3) is 5.93. The van der Waals surface area contributed by atoms with Crippen molar-refractivity contribution < 1.29 is 19.1 Å². The second-order valence-corrected chi connectivity index (χ2v) is 6.71. The molecular weight excluding hydrogens is 348 g/mol. The van der Waals surface area contributed by atoms with Crippen LogP contribution in [0.15, 0.2) is 30.3 Å². The Hall–Kier alpha value is -1.93. The molecule has 0 spiro atoms. The summed E-state index contributed by atoms with van der Waals surface area (Å²) in [5, 5.41) is 2.60. The summed E-state index contributed by atoms with van der Waals surface area (Å²) in [6, 6.07) is 9.59. The Balaban J connectivity index is 1.58. The molecule has 1 aliphatic rings. The van der Waals surface area contributed by atoms with Gasteiger partial charge in [-0.2, -0.15) is 0 Å². The van der Waals surface area contributed by atoms with E-state index in [9.17, 15) is 14.4 Å². The molecule has 1 aliphatic heterocycles. The van der Waals surface area contributed by atoms with Crippen LogP contribution in [-0.2, 0) is 25.5 Å². The number of thioether (sulfide) groups is 1. The molecule has 1 saturated heterocycles. The minimum atomic E-state index is -0.415. The zero-order valence-corrected chi connectivity index (χ0v) is 14.7. The largest absolute Gasteiger partial charge is 0.456 e. The van der Waals surface area contributed by atoms with Crippen molar-refractivity contribution >= 4 is 46.1 Å². The maximum absolute atomic E-state index is 11.6. The first-order valence-corrected chi connectivity index (χ1v) is 8.89. The van der Waals surface area contributed by atoms with Gasteiger partial charge in [-0.15, -0.1) is 0 Å². The van der Waals surface area contributed by atoms with Crippen molar-refractivity contribution in [1.82, 2.24) is 10.2 Å². The molecule has 0 bridgehead atoms. The number of hydrogen-bond donors (Lipinski definition) is 1. The number of amides is 2. The predicted molar refractivity (Wildman–Crippen MR) is 95.5 cm³/mol. The molecule has 0 aromatic heterocycles. The summed E-state index contributed by atoms with van der Waals surface area (Å²) in [5.41, 5.74) is 1.04. The van der Waals surface area contributed by atoms with Gasteiger partial charge < -0.3 is 10.1 Å². The van der Waals surface area contributed by atoms with Crippen molar-refractivity contribution in [3.8, 4) is 0 Å². The summed E-state index contributed by atoms with van der Waals surface area (Å²) in [6.45, 7) is 0.284. The van der Waals surface area contributed by atoms with Gasteiger partial charge in [-0.3, -0.25) is 19.3 Å². The molecule has 1 aromatic rings. The summed E-state index contributed by atoms with van der Waals surface area (Å²) >= 11 is 6.35. The number of benzene rings is 1. The topological polar surface area (TPSA) is 75.7 Å². The standard InChI is InChI=1S/C16H18N2O4S2/c19-13(17-8-9-18-14(20)11-24-16(18)23)10-22-15(21)7-6-12-4-2-1-3-5-12/h1-5H,6-11H2,(H,17,19). The third-order valence-corrected chi connectivity index (χ3v) is 4.76. The van der Waals surface area contributed by atoms with Crippen molar-refractivity contribution in [3.63, 3.8) is 0 Å². The first kappa shape index (κ1) is 18.4. The van der Waals surface area contributed by atoms with Gasteiger partial charge in [0.2, 0.25) is 5.91 Å². The fourth-order valence-electron chi connectivity index (χ4n) is 2.06. The maximum Gasteiger partial charge on any atom is 0.306 e. The zero-order valence-electron chi connectivity index (χ0n) is 13.0. The normalized spacial score (nSPS) is 13.9. The average Bonchev–Trinajstić information content (AvgIpc) is 2.91. The van der Waals surface area contributed by atoms with Crippen LogP contribution in [0.1, 0.15) is 12.0 Å². The number of esters is 1. The van der Waals surface area contributed by atoms with E-state index in [0.717, 1.165) is 5.56 Å². The Morgan fingerprint density at radius 1 is 1.29 bits per heavy atom. The summed E-state index contributed by atoms with van der Waals surface area (Å²) < 4.78 is 5.46. The lowest BCUT2D eigenvalue weighted by Gasteiger charge is -2.15. The van der Waals surface area contributed by atoms with E-state index in [-0.39, 0.29) is 25.5 Å². The van der Waals surface area contributed by atoms with Crippen LogP contribution in [0.3, 0.4) is 0 Å². The molecule has 0 radical (unpaired) electrons. The van der Waals surface area contributed by atoms with Crippen LogP contribution in [0.5, 0.6) is 0 Å². The Labute approximate surface area is 149 Å². The van der Waals surface area contributed by atoms with Crippen molar-refractivity contribution in [2.24, 2.45) is 0 Å². The minimum absolute atomic E-state index is 0.0495. The van der Waals surface area contributed by atoms with E-state index in [0.29, 0.717) is 23.0 Å². The van der Waals surface area contributed by atoms with Gasteiger partial charge in [0.05, 0.1) is 5.75 Å². The molecule has 8 heteroatoms. The average molecular weight is 366 g/mol. The highest BCUT2D eigenvalue weighted by Crippen LogP contribution is 2.18. The number of carbonyl (C=O) groups is 3. The molecule has 128 valence electrons. The highest BCUT2D eigenvalue weighted by atomic mass is 32.2. The van der Waals surface area contributed by atoms with Gasteiger partial charge in [0.1, 0.15) is 4.32 Å². The predicted octanol–water partition coefficient (Wildman–Crippen LogP) is 1.14. The highest BCUT2D eigenvalue weighted by Gasteiger charge is 2.25. The highest BCUT2D eigenvalue weighted by molar-refractivity contribution is 8.23. The van der Waals surface area contributed by atoms with Crippen LogP contribution in [-0.4, -0.2) is 52.5 Å². The van der Waals surface area contributed by atoms with Gasteiger partial charge >= 0.3 is 5.97 Å². The number of carbonyl (C=O) groups excluding carboxylic acids is 3. The molecule has 24 heavy (non-hydrogen) atoms. The van der Waals surface area contributed by atoms with Gasteiger partial charge in [0, 0.05) is 19.5 Å². The number of rotatable bonds is 8.